The zero-order valence-corrected chi connectivity index (χ0v) is 12.4. The molecule has 2 N–H and O–H groups in total. The van der Waals surface area contributed by atoms with Crippen molar-refractivity contribution in [2.45, 2.75) is 40.0 Å². The molecule has 1 saturated carbocycles. The number of hydrogen-bond donors (Lipinski definition) is 2. The molecule has 2 rings (SSSR count). The van der Waals surface area contributed by atoms with Crippen molar-refractivity contribution in [2.75, 3.05) is 18.9 Å². The molecule has 0 bridgehead atoms. The van der Waals surface area contributed by atoms with Crippen molar-refractivity contribution in [1.29, 1.82) is 0 Å². The SMILES string of the molecule is CNCC1(C(=O)Nc2c(C)cc(C)cc2C)CCC1. The van der Waals surface area contributed by atoms with Gasteiger partial charge >= 0.3 is 0 Å². The van der Waals surface area contributed by atoms with E-state index in [1.165, 1.54) is 5.56 Å². The Balaban J connectivity index is 2.19. The summed E-state index contributed by atoms with van der Waals surface area (Å²) in [6.45, 7) is 6.96. The summed E-state index contributed by atoms with van der Waals surface area (Å²) in [5, 5.41) is 6.31. The fraction of sp³-hybridized carbons (Fsp3) is 0.562. The lowest BCUT2D eigenvalue weighted by molar-refractivity contribution is -0.129. The Morgan fingerprint density at radius 3 is 2.21 bits per heavy atom. The first-order valence-electron chi connectivity index (χ1n) is 7.02. The molecule has 1 aromatic rings. The topological polar surface area (TPSA) is 41.1 Å². The Hall–Kier alpha value is -1.35. The van der Waals surface area contributed by atoms with E-state index in [1.807, 2.05) is 7.05 Å². The smallest absolute Gasteiger partial charge is 0.231 e. The predicted octanol–water partition coefficient (Wildman–Crippen LogP) is 2.94. The van der Waals surface area contributed by atoms with E-state index in [2.05, 4.69) is 43.5 Å². The van der Waals surface area contributed by atoms with Crippen molar-refractivity contribution in [2.24, 2.45) is 5.41 Å². The molecular weight excluding hydrogens is 236 g/mol. The maximum Gasteiger partial charge on any atom is 0.231 e. The van der Waals surface area contributed by atoms with Gasteiger partial charge in [-0.2, -0.15) is 0 Å². The highest BCUT2D eigenvalue weighted by Crippen LogP contribution is 2.41. The van der Waals surface area contributed by atoms with E-state index in [9.17, 15) is 4.79 Å². The van der Waals surface area contributed by atoms with Gasteiger partial charge < -0.3 is 10.6 Å². The maximum atomic E-state index is 12.5. The molecule has 0 radical (unpaired) electrons. The van der Waals surface area contributed by atoms with Crippen molar-refractivity contribution < 1.29 is 4.79 Å². The van der Waals surface area contributed by atoms with E-state index in [-0.39, 0.29) is 11.3 Å². The number of aryl methyl sites for hydroxylation is 3. The minimum atomic E-state index is -0.196. The summed E-state index contributed by atoms with van der Waals surface area (Å²) >= 11 is 0. The molecule has 1 fully saturated rings. The molecule has 0 spiro atoms. The molecule has 0 unspecified atom stereocenters. The van der Waals surface area contributed by atoms with Crippen LogP contribution in [0.5, 0.6) is 0 Å². The third-order valence-electron chi connectivity index (χ3n) is 4.22. The molecule has 0 saturated heterocycles. The second kappa shape index (κ2) is 5.33. The van der Waals surface area contributed by atoms with Crippen molar-refractivity contribution in [3.8, 4) is 0 Å². The molecule has 3 heteroatoms. The van der Waals surface area contributed by atoms with Crippen LogP contribution in [0.1, 0.15) is 36.0 Å². The van der Waals surface area contributed by atoms with Crippen LogP contribution in [0.3, 0.4) is 0 Å². The van der Waals surface area contributed by atoms with Gasteiger partial charge in [0.15, 0.2) is 0 Å². The molecule has 1 aromatic carbocycles. The van der Waals surface area contributed by atoms with Crippen molar-refractivity contribution in [3.05, 3.63) is 28.8 Å². The molecule has 1 aliphatic carbocycles. The number of benzene rings is 1. The number of carbonyl (C=O) groups is 1. The third kappa shape index (κ3) is 2.66. The van der Waals surface area contributed by atoms with Crippen LogP contribution in [0.4, 0.5) is 5.69 Å². The van der Waals surface area contributed by atoms with Gasteiger partial charge in [0.1, 0.15) is 0 Å². The first-order chi connectivity index (χ1) is 8.98. The number of anilines is 1. The summed E-state index contributed by atoms with van der Waals surface area (Å²) < 4.78 is 0. The first kappa shape index (κ1) is 14.1. The Bertz CT molecular complexity index is 467. The van der Waals surface area contributed by atoms with E-state index in [0.29, 0.717) is 0 Å². The zero-order chi connectivity index (χ0) is 14.0. The van der Waals surface area contributed by atoms with Crippen LogP contribution in [0.2, 0.25) is 0 Å². The normalized spacial score (nSPS) is 16.8. The Morgan fingerprint density at radius 2 is 1.79 bits per heavy atom. The van der Waals surface area contributed by atoms with Gasteiger partial charge in [0.25, 0.3) is 0 Å². The van der Waals surface area contributed by atoms with E-state index < -0.39 is 0 Å². The van der Waals surface area contributed by atoms with E-state index in [0.717, 1.165) is 42.6 Å². The van der Waals surface area contributed by atoms with E-state index in [4.69, 9.17) is 0 Å². The van der Waals surface area contributed by atoms with Gasteiger partial charge in [-0.3, -0.25) is 4.79 Å². The molecule has 0 atom stereocenters. The summed E-state index contributed by atoms with van der Waals surface area (Å²) in [6, 6.07) is 4.24. The highest BCUT2D eigenvalue weighted by Gasteiger charge is 2.43. The monoisotopic (exact) mass is 260 g/mol. The largest absolute Gasteiger partial charge is 0.325 e. The van der Waals surface area contributed by atoms with Crippen molar-refractivity contribution in [1.82, 2.24) is 5.32 Å². The van der Waals surface area contributed by atoms with E-state index in [1.54, 1.807) is 0 Å². The molecule has 19 heavy (non-hydrogen) atoms. The fourth-order valence-corrected chi connectivity index (χ4v) is 3.05. The Morgan fingerprint density at radius 1 is 1.21 bits per heavy atom. The number of rotatable bonds is 4. The average molecular weight is 260 g/mol. The molecule has 0 aromatic heterocycles. The summed E-state index contributed by atoms with van der Waals surface area (Å²) in [4.78, 5) is 12.5. The molecule has 0 aliphatic heterocycles. The van der Waals surface area contributed by atoms with Crippen LogP contribution in [0.15, 0.2) is 12.1 Å². The van der Waals surface area contributed by atoms with Crippen molar-refractivity contribution >= 4 is 11.6 Å². The van der Waals surface area contributed by atoms with Crippen LogP contribution in [-0.2, 0) is 4.79 Å². The highest BCUT2D eigenvalue weighted by molar-refractivity contribution is 5.97. The number of hydrogen-bond acceptors (Lipinski definition) is 2. The predicted molar refractivity (Wildman–Crippen MR) is 79.5 cm³/mol. The molecule has 1 amide bonds. The standard InChI is InChI=1S/C16H24N2O/c1-11-8-12(2)14(13(3)9-11)18-15(19)16(10-17-4)6-5-7-16/h8-9,17H,5-7,10H2,1-4H3,(H,18,19). The van der Waals surface area contributed by atoms with Gasteiger partial charge in [0.05, 0.1) is 5.41 Å². The molecule has 1 aliphatic rings. The molecular formula is C16H24N2O. The van der Waals surface area contributed by atoms with Gasteiger partial charge in [0, 0.05) is 12.2 Å². The Kier molecular flexibility index (Phi) is 3.95. The summed E-state index contributed by atoms with van der Waals surface area (Å²) in [7, 11) is 1.91. The quantitative estimate of drug-likeness (QED) is 0.874. The van der Waals surface area contributed by atoms with Crippen LogP contribution in [0, 0.1) is 26.2 Å². The second-order valence-electron chi connectivity index (χ2n) is 5.89. The average Bonchev–Trinajstić information content (AvgIpc) is 2.28. The lowest BCUT2D eigenvalue weighted by Gasteiger charge is -2.40. The fourth-order valence-electron chi connectivity index (χ4n) is 3.05. The Labute approximate surface area is 115 Å². The van der Waals surface area contributed by atoms with Crippen LogP contribution >= 0.6 is 0 Å². The van der Waals surface area contributed by atoms with Gasteiger partial charge in [0.2, 0.25) is 5.91 Å². The second-order valence-corrected chi connectivity index (χ2v) is 5.89. The lowest BCUT2D eigenvalue weighted by Crippen LogP contribution is -2.48. The van der Waals surface area contributed by atoms with E-state index >= 15 is 0 Å². The number of carbonyl (C=O) groups excluding carboxylic acids is 1. The van der Waals surface area contributed by atoms with Gasteiger partial charge in [-0.25, -0.2) is 0 Å². The lowest BCUT2D eigenvalue weighted by atomic mass is 9.68. The first-order valence-corrected chi connectivity index (χ1v) is 7.02. The minimum absolute atomic E-state index is 0.170. The van der Waals surface area contributed by atoms with Crippen molar-refractivity contribution in [3.63, 3.8) is 0 Å². The molecule has 104 valence electrons. The zero-order valence-electron chi connectivity index (χ0n) is 12.4. The summed E-state index contributed by atoms with van der Waals surface area (Å²) in [5.41, 5.74) is 4.31. The van der Waals surface area contributed by atoms with Gasteiger partial charge in [-0.15, -0.1) is 0 Å². The highest BCUT2D eigenvalue weighted by atomic mass is 16.2. The third-order valence-corrected chi connectivity index (χ3v) is 4.22. The minimum Gasteiger partial charge on any atom is -0.325 e. The maximum absolute atomic E-state index is 12.5. The molecule has 3 nitrogen and oxygen atoms in total. The summed E-state index contributed by atoms with van der Waals surface area (Å²) in [5.74, 6) is 0.170. The molecule has 0 heterocycles. The van der Waals surface area contributed by atoms with Gasteiger partial charge in [-0.05, 0) is 51.8 Å². The van der Waals surface area contributed by atoms with Crippen LogP contribution < -0.4 is 10.6 Å². The van der Waals surface area contributed by atoms with Crippen LogP contribution in [-0.4, -0.2) is 19.5 Å². The number of nitrogens with one attached hydrogen (secondary N) is 2. The summed E-state index contributed by atoms with van der Waals surface area (Å²) in [6.07, 6.45) is 3.13. The van der Waals surface area contributed by atoms with Crippen LogP contribution in [0.25, 0.3) is 0 Å². The number of amides is 1. The van der Waals surface area contributed by atoms with Gasteiger partial charge in [-0.1, -0.05) is 24.1 Å².